The third-order valence-electron chi connectivity index (χ3n) is 11.0. The van der Waals surface area contributed by atoms with Gasteiger partial charge in [0.25, 0.3) is 0 Å². The van der Waals surface area contributed by atoms with Crippen LogP contribution < -0.4 is 0 Å². The van der Waals surface area contributed by atoms with Gasteiger partial charge in [-0.15, -0.1) is 0 Å². The Kier molecular flexibility index (Phi) is 6.80. The SMILES string of the molecule is CC1=C(c2ccccc2)N=C(c2ccccc2)N=C(c2ccc(-n3c4cc5ccccc5cc4c4ccc5ccccc5c43)c3oc4ccccc4c23)C1. The number of para-hydroxylation sites is 1. The predicted molar refractivity (Wildman–Crippen MR) is 226 cm³/mol. The Labute approximate surface area is 311 Å². The number of furan rings is 1. The third kappa shape index (κ3) is 4.70. The molecule has 254 valence electrons. The summed E-state index contributed by atoms with van der Waals surface area (Å²) >= 11 is 0. The second-order valence-electron chi connectivity index (χ2n) is 14.2. The lowest BCUT2D eigenvalue weighted by atomic mass is 9.95. The van der Waals surface area contributed by atoms with Crippen LogP contribution in [0.5, 0.6) is 0 Å². The van der Waals surface area contributed by atoms with E-state index in [1.165, 1.54) is 37.8 Å². The fourth-order valence-electron chi connectivity index (χ4n) is 8.45. The van der Waals surface area contributed by atoms with Gasteiger partial charge in [0.2, 0.25) is 0 Å². The normalized spacial score (nSPS) is 13.7. The highest BCUT2D eigenvalue weighted by Crippen LogP contribution is 2.43. The molecule has 0 spiro atoms. The molecule has 0 atom stereocenters. The number of hydrogen-bond donors (Lipinski definition) is 0. The monoisotopic (exact) mass is 691 g/mol. The maximum Gasteiger partial charge on any atom is 0.160 e. The highest BCUT2D eigenvalue weighted by Gasteiger charge is 2.25. The average molecular weight is 692 g/mol. The number of nitrogens with zero attached hydrogens (tertiary/aromatic N) is 3. The Balaban J connectivity index is 1.23. The molecule has 0 saturated heterocycles. The zero-order valence-corrected chi connectivity index (χ0v) is 29.6. The number of benzene rings is 8. The molecule has 1 aliphatic heterocycles. The van der Waals surface area contributed by atoms with Crippen molar-refractivity contribution in [3.63, 3.8) is 0 Å². The first-order valence-corrected chi connectivity index (χ1v) is 18.5. The lowest BCUT2D eigenvalue weighted by Crippen LogP contribution is -2.07. The molecule has 11 rings (SSSR count). The smallest absolute Gasteiger partial charge is 0.160 e. The van der Waals surface area contributed by atoms with Gasteiger partial charge in [-0.25, -0.2) is 9.98 Å². The molecule has 0 N–H and O–H groups in total. The second-order valence-corrected chi connectivity index (χ2v) is 14.2. The summed E-state index contributed by atoms with van der Waals surface area (Å²) in [6, 6.07) is 60.1. The van der Waals surface area contributed by atoms with Crippen molar-refractivity contribution >= 4 is 82.5 Å². The molecule has 0 saturated carbocycles. The summed E-state index contributed by atoms with van der Waals surface area (Å²) in [6.45, 7) is 2.18. The number of rotatable bonds is 4. The molecule has 54 heavy (non-hydrogen) atoms. The molecule has 10 aromatic rings. The molecular formula is C50H33N3O. The Morgan fingerprint density at radius 1 is 0.537 bits per heavy atom. The van der Waals surface area contributed by atoms with Crippen molar-refractivity contribution in [1.29, 1.82) is 0 Å². The Morgan fingerprint density at radius 2 is 1.20 bits per heavy atom. The third-order valence-corrected chi connectivity index (χ3v) is 11.0. The van der Waals surface area contributed by atoms with Crippen LogP contribution in [-0.4, -0.2) is 16.1 Å². The van der Waals surface area contributed by atoms with E-state index in [1.54, 1.807) is 0 Å². The minimum Gasteiger partial charge on any atom is -0.454 e. The standard InChI is InChI=1S/C50H33N3O/c1-31-28-42(51-50(34-17-6-3-7-18-34)52-47(31)33-15-4-2-5-16-33)39-26-27-43(49-46(39)40-22-12-13-23-45(40)54-49)53-44-30-36-20-9-8-19-35(36)29-41(44)38-25-24-32-14-10-11-21-37(32)48(38)53/h2-27,29-30H,28H2,1H3. The van der Waals surface area contributed by atoms with Crippen molar-refractivity contribution in [1.82, 2.24) is 4.57 Å². The van der Waals surface area contributed by atoms with Gasteiger partial charge in [-0.1, -0.05) is 146 Å². The van der Waals surface area contributed by atoms with E-state index in [2.05, 4.69) is 151 Å². The fraction of sp³-hybridized carbons (Fsp3) is 0.0400. The quantitative estimate of drug-likeness (QED) is 0.181. The van der Waals surface area contributed by atoms with E-state index in [1.807, 2.05) is 30.3 Å². The zero-order valence-electron chi connectivity index (χ0n) is 29.6. The predicted octanol–water partition coefficient (Wildman–Crippen LogP) is 13.1. The molecule has 0 radical (unpaired) electrons. The summed E-state index contributed by atoms with van der Waals surface area (Å²) in [4.78, 5) is 10.7. The van der Waals surface area contributed by atoms with Crippen molar-refractivity contribution in [2.24, 2.45) is 9.98 Å². The van der Waals surface area contributed by atoms with Crippen molar-refractivity contribution in [3.05, 3.63) is 192 Å². The number of hydrogen-bond acceptors (Lipinski definition) is 3. The van der Waals surface area contributed by atoms with Crippen LogP contribution in [0.15, 0.2) is 190 Å². The number of aliphatic imine (C=N–C) groups is 2. The van der Waals surface area contributed by atoms with Gasteiger partial charge in [0.15, 0.2) is 11.4 Å². The highest BCUT2D eigenvalue weighted by atomic mass is 16.3. The minimum absolute atomic E-state index is 0.643. The molecule has 0 aliphatic carbocycles. The summed E-state index contributed by atoms with van der Waals surface area (Å²) in [5.41, 5.74) is 11.2. The lowest BCUT2D eigenvalue weighted by Gasteiger charge is -2.14. The maximum absolute atomic E-state index is 6.98. The van der Waals surface area contributed by atoms with Gasteiger partial charge in [0, 0.05) is 50.0 Å². The van der Waals surface area contributed by atoms with Crippen LogP contribution in [-0.2, 0) is 0 Å². The van der Waals surface area contributed by atoms with Crippen LogP contribution in [0.4, 0.5) is 0 Å². The average Bonchev–Trinajstić information content (AvgIpc) is 3.71. The largest absolute Gasteiger partial charge is 0.454 e. The van der Waals surface area contributed by atoms with Crippen LogP contribution >= 0.6 is 0 Å². The number of amidine groups is 1. The van der Waals surface area contributed by atoms with Crippen LogP contribution in [0, 0.1) is 0 Å². The lowest BCUT2D eigenvalue weighted by molar-refractivity contribution is 0.666. The molecule has 4 nitrogen and oxygen atoms in total. The van der Waals surface area contributed by atoms with Crippen LogP contribution in [0.25, 0.3) is 76.7 Å². The van der Waals surface area contributed by atoms with Crippen molar-refractivity contribution in [3.8, 4) is 5.69 Å². The fourth-order valence-corrected chi connectivity index (χ4v) is 8.45. The van der Waals surface area contributed by atoms with E-state index in [9.17, 15) is 0 Å². The van der Waals surface area contributed by atoms with Gasteiger partial charge in [0.05, 0.1) is 28.1 Å². The maximum atomic E-state index is 6.98. The van der Waals surface area contributed by atoms with E-state index in [0.717, 1.165) is 66.8 Å². The minimum atomic E-state index is 0.643. The van der Waals surface area contributed by atoms with Crippen molar-refractivity contribution in [2.75, 3.05) is 0 Å². The second kappa shape index (κ2) is 12.0. The molecule has 1 aliphatic rings. The summed E-state index contributed by atoms with van der Waals surface area (Å²) in [5.74, 6) is 0.701. The molecule has 0 bridgehead atoms. The van der Waals surface area contributed by atoms with E-state index >= 15 is 0 Å². The van der Waals surface area contributed by atoms with Gasteiger partial charge < -0.3 is 8.98 Å². The molecule has 0 unspecified atom stereocenters. The molecule has 0 fully saturated rings. The summed E-state index contributed by atoms with van der Waals surface area (Å²) < 4.78 is 9.41. The van der Waals surface area contributed by atoms with Crippen LogP contribution in [0.1, 0.15) is 30.0 Å². The van der Waals surface area contributed by atoms with Crippen molar-refractivity contribution < 1.29 is 4.42 Å². The Morgan fingerprint density at radius 3 is 2.00 bits per heavy atom. The molecule has 3 heterocycles. The summed E-state index contributed by atoms with van der Waals surface area (Å²) in [5, 5.41) is 9.39. The number of fused-ring (bicyclic) bond motifs is 9. The first-order valence-electron chi connectivity index (χ1n) is 18.5. The Bertz CT molecular complexity index is 3230. The summed E-state index contributed by atoms with van der Waals surface area (Å²) in [7, 11) is 0. The zero-order chi connectivity index (χ0) is 35.8. The van der Waals surface area contributed by atoms with Crippen LogP contribution in [0.2, 0.25) is 0 Å². The molecule has 0 amide bonds. The topological polar surface area (TPSA) is 42.8 Å². The Hall–Kier alpha value is -7.04. The van der Waals surface area contributed by atoms with Crippen LogP contribution in [0.3, 0.4) is 0 Å². The molecule has 2 aromatic heterocycles. The number of allylic oxidation sites excluding steroid dienone is 1. The van der Waals surface area contributed by atoms with E-state index in [0.29, 0.717) is 12.3 Å². The van der Waals surface area contributed by atoms with Gasteiger partial charge in [-0.05, 0) is 52.9 Å². The first kappa shape index (κ1) is 30.6. The van der Waals surface area contributed by atoms with E-state index in [-0.39, 0.29) is 0 Å². The van der Waals surface area contributed by atoms with Gasteiger partial charge in [-0.2, -0.15) is 0 Å². The molecule has 8 aromatic carbocycles. The number of aromatic nitrogens is 1. The van der Waals surface area contributed by atoms with E-state index in [4.69, 9.17) is 14.4 Å². The molecular weight excluding hydrogens is 659 g/mol. The first-order chi connectivity index (χ1) is 26.7. The molecule has 4 heteroatoms. The van der Waals surface area contributed by atoms with Gasteiger partial charge in [0.1, 0.15) is 5.58 Å². The highest BCUT2D eigenvalue weighted by molar-refractivity contribution is 6.26. The van der Waals surface area contributed by atoms with Crippen molar-refractivity contribution in [2.45, 2.75) is 13.3 Å². The summed E-state index contributed by atoms with van der Waals surface area (Å²) in [6.07, 6.45) is 0.643. The van der Waals surface area contributed by atoms with Gasteiger partial charge >= 0.3 is 0 Å². The van der Waals surface area contributed by atoms with E-state index < -0.39 is 0 Å². The van der Waals surface area contributed by atoms with Gasteiger partial charge in [-0.3, -0.25) is 0 Å².